The smallest absolute Gasteiger partial charge is 0.317 e. The molecule has 0 atom stereocenters. The maximum atomic E-state index is 11.3. The predicted octanol–water partition coefficient (Wildman–Crippen LogP) is 0.703. The molecule has 0 unspecified atom stereocenters. The molecule has 1 aliphatic carbocycles. The first kappa shape index (κ1) is 11.6. The number of amides is 2. The van der Waals surface area contributed by atoms with E-state index in [-0.39, 0.29) is 18.4 Å². The molecule has 2 amide bonds. The molecular weight excluding hydrogens is 202 g/mol. The summed E-state index contributed by atoms with van der Waals surface area (Å²) in [6.07, 6.45) is 4.28. The van der Waals surface area contributed by atoms with Gasteiger partial charge in [-0.05, 0) is 25.7 Å². The molecule has 5 heteroatoms. The standard InChI is InChI=1S/C9H17N3O.ClH/c10-7-1-3-8(4-2-7)12-6-5-11-9(12)13;/h7-8H,1-6,10H2,(H,11,13);1H. The first-order valence-corrected chi connectivity index (χ1v) is 5.07. The highest BCUT2D eigenvalue weighted by Crippen LogP contribution is 2.22. The third kappa shape index (κ3) is 2.30. The fraction of sp³-hybridized carbons (Fsp3) is 0.889. The zero-order chi connectivity index (χ0) is 9.26. The first-order valence-electron chi connectivity index (χ1n) is 5.07. The molecule has 82 valence electrons. The third-order valence-electron chi connectivity index (χ3n) is 3.07. The average molecular weight is 220 g/mol. The molecule has 0 aromatic rings. The fourth-order valence-corrected chi connectivity index (χ4v) is 2.25. The number of carbonyl (C=O) groups excluding carboxylic acids is 1. The Morgan fingerprint density at radius 1 is 1.29 bits per heavy atom. The summed E-state index contributed by atoms with van der Waals surface area (Å²) in [4.78, 5) is 13.3. The quantitative estimate of drug-likeness (QED) is 0.682. The van der Waals surface area contributed by atoms with E-state index in [1.165, 1.54) is 0 Å². The Hall–Kier alpha value is -0.480. The molecule has 2 aliphatic rings. The molecule has 1 saturated carbocycles. The van der Waals surface area contributed by atoms with Gasteiger partial charge in [-0.25, -0.2) is 4.79 Å². The molecule has 0 spiro atoms. The molecule has 0 radical (unpaired) electrons. The van der Waals surface area contributed by atoms with Gasteiger partial charge in [0.1, 0.15) is 0 Å². The van der Waals surface area contributed by atoms with Crippen LogP contribution in [0.2, 0.25) is 0 Å². The van der Waals surface area contributed by atoms with E-state index in [0.717, 1.165) is 38.8 Å². The highest BCUT2D eigenvalue weighted by molar-refractivity contribution is 5.85. The molecule has 1 heterocycles. The number of nitrogens with zero attached hydrogens (tertiary/aromatic N) is 1. The van der Waals surface area contributed by atoms with Gasteiger partial charge in [-0.15, -0.1) is 12.4 Å². The zero-order valence-corrected chi connectivity index (χ0v) is 9.05. The van der Waals surface area contributed by atoms with Gasteiger partial charge >= 0.3 is 6.03 Å². The van der Waals surface area contributed by atoms with Crippen molar-refractivity contribution in [1.29, 1.82) is 0 Å². The maximum Gasteiger partial charge on any atom is 0.317 e. The lowest BCUT2D eigenvalue weighted by atomic mass is 9.91. The number of nitrogens with two attached hydrogens (primary N) is 1. The molecule has 2 rings (SSSR count). The summed E-state index contributed by atoms with van der Waals surface area (Å²) in [5.74, 6) is 0. The van der Waals surface area contributed by atoms with Gasteiger partial charge in [0.15, 0.2) is 0 Å². The zero-order valence-electron chi connectivity index (χ0n) is 8.24. The van der Waals surface area contributed by atoms with Crippen molar-refractivity contribution in [3.8, 4) is 0 Å². The molecule has 1 aliphatic heterocycles. The van der Waals surface area contributed by atoms with Gasteiger partial charge in [-0.1, -0.05) is 0 Å². The van der Waals surface area contributed by atoms with E-state index in [0.29, 0.717) is 12.1 Å². The normalized spacial score (nSPS) is 32.4. The monoisotopic (exact) mass is 219 g/mol. The molecule has 4 nitrogen and oxygen atoms in total. The number of urea groups is 1. The third-order valence-corrected chi connectivity index (χ3v) is 3.07. The van der Waals surface area contributed by atoms with Crippen LogP contribution in [0.15, 0.2) is 0 Å². The summed E-state index contributed by atoms with van der Waals surface area (Å²) in [5, 5.41) is 2.83. The van der Waals surface area contributed by atoms with Crippen molar-refractivity contribution in [3.63, 3.8) is 0 Å². The van der Waals surface area contributed by atoms with E-state index in [1.807, 2.05) is 4.90 Å². The molecule has 0 aromatic heterocycles. The average Bonchev–Trinajstić information content (AvgIpc) is 2.53. The summed E-state index contributed by atoms with van der Waals surface area (Å²) in [6.45, 7) is 1.68. The van der Waals surface area contributed by atoms with Crippen LogP contribution in [0.3, 0.4) is 0 Å². The van der Waals surface area contributed by atoms with Gasteiger partial charge in [0.05, 0.1) is 0 Å². The van der Waals surface area contributed by atoms with Gasteiger partial charge < -0.3 is 16.0 Å². The van der Waals surface area contributed by atoms with Crippen LogP contribution >= 0.6 is 12.4 Å². The van der Waals surface area contributed by atoms with Crippen molar-refractivity contribution in [2.75, 3.05) is 13.1 Å². The summed E-state index contributed by atoms with van der Waals surface area (Å²) < 4.78 is 0. The largest absolute Gasteiger partial charge is 0.336 e. The number of hydrogen-bond acceptors (Lipinski definition) is 2. The van der Waals surface area contributed by atoms with Crippen molar-refractivity contribution >= 4 is 18.4 Å². The minimum absolute atomic E-state index is 0. The van der Waals surface area contributed by atoms with Crippen molar-refractivity contribution < 1.29 is 4.79 Å². The van der Waals surface area contributed by atoms with Gasteiger partial charge in [0, 0.05) is 25.2 Å². The first-order chi connectivity index (χ1) is 6.27. The van der Waals surface area contributed by atoms with E-state index in [4.69, 9.17) is 5.73 Å². The molecule has 3 N–H and O–H groups in total. The Morgan fingerprint density at radius 2 is 1.93 bits per heavy atom. The Bertz CT molecular complexity index is 204. The lowest BCUT2D eigenvalue weighted by Gasteiger charge is -2.32. The van der Waals surface area contributed by atoms with E-state index < -0.39 is 0 Å². The van der Waals surface area contributed by atoms with Gasteiger partial charge in [0.25, 0.3) is 0 Å². The topological polar surface area (TPSA) is 58.4 Å². The highest BCUT2D eigenvalue weighted by atomic mass is 35.5. The lowest BCUT2D eigenvalue weighted by molar-refractivity contribution is 0.175. The van der Waals surface area contributed by atoms with Gasteiger partial charge in [0.2, 0.25) is 0 Å². The molecule has 0 bridgehead atoms. The predicted molar refractivity (Wildman–Crippen MR) is 57.6 cm³/mol. The number of nitrogens with one attached hydrogen (secondary N) is 1. The maximum absolute atomic E-state index is 11.3. The van der Waals surface area contributed by atoms with Crippen molar-refractivity contribution in [2.24, 2.45) is 5.73 Å². The second-order valence-corrected chi connectivity index (χ2v) is 3.99. The van der Waals surface area contributed by atoms with Crippen LogP contribution in [0.4, 0.5) is 4.79 Å². The van der Waals surface area contributed by atoms with Crippen LogP contribution in [-0.2, 0) is 0 Å². The Labute approximate surface area is 90.6 Å². The minimum atomic E-state index is 0. The molecule has 1 saturated heterocycles. The highest BCUT2D eigenvalue weighted by Gasteiger charge is 2.30. The SMILES string of the molecule is Cl.NC1CCC(N2CCNC2=O)CC1. The van der Waals surface area contributed by atoms with Crippen LogP contribution in [0, 0.1) is 0 Å². The minimum Gasteiger partial charge on any atom is -0.336 e. The van der Waals surface area contributed by atoms with E-state index in [9.17, 15) is 4.79 Å². The van der Waals surface area contributed by atoms with E-state index in [1.54, 1.807) is 0 Å². The van der Waals surface area contributed by atoms with Crippen molar-refractivity contribution in [1.82, 2.24) is 10.2 Å². The lowest BCUT2D eigenvalue weighted by Crippen LogP contribution is -2.42. The van der Waals surface area contributed by atoms with Crippen LogP contribution in [-0.4, -0.2) is 36.1 Å². The second kappa shape index (κ2) is 4.84. The van der Waals surface area contributed by atoms with Crippen LogP contribution in [0.25, 0.3) is 0 Å². The Morgan fingerprint density at radius 3 is 2.43 bits per heavy atom. The summed E-state index contributed by atoms with van der Waals surface area (Å²) in [5.41, 5.74) is 5.81. The second-order valence-electron chi connectivity index (χ2n) is 3.99. The van der Waals surface area contributed by atoms with Gasteiger partial charge in [-0.3, -0.25) is 0 Å². The molecule has 14 heavy (non-hydrogen) atoms. The number of carbonyl (C=O) groups is 1. The number of halogens is 1. The van der Waals surface area contributed by atoms with Crippen LogP contribution < -0.4 is 11.1 Å². The van der Waals surface area contributed by atoms with E-state index >= 15 is 0 Å². The summed E-state index contributed by atoms with van der Waals surface area (Å²) >= 11 is 0. The van der Waals surface area contributed by atoms with Crippen LogP contribution in [0.5, 0.6) is 0 Å². The van der Waals surface area contributed by atoms with Gasteiger partial charge in [-0.2, -0.15) is 0 Å². The molecule has 2 fully saturated rings. The Kier molecular flexibility index (Phi) is 4.01. The van der Waals surface area contributed by atoms with E-state index in [2.05, 4.69) is 5.32 Å². The van der Waals surface area contributed by atoms with Crippen molar-refractivity contribution in [2.45, 2.75) is 37.8 Å². The number of rotatable bonds is 1. The molecular formula is C9H18ClN3O. The van der Waals surface area contributed by atoms with Crippen molar-refractivity contribution in [3.05, 3.63) is 0 Å². The number of hydrogen-bond donors (Lipinski definition) is 2. The fourth-order valence-electron chi connectivity index (χ4n) is 2.25. The Balaban J connectivity index is 0.000000980. The summed E-state index contributed by atoms with van der Waals surface area (Å²) in [6, 6.07) is 0.921. The molecule has 0 aromatic carbocycles. The summed E-state index contributed by atoms with van der Waals surface area (Å²) in [7, 11) is 0. The van der Waals surface area contributed by atoms with Crippen LogP contribution in [0.1, 0.15) is 25.7 Å².